The Kier molecular flexibility index (Phi) is 7.87. The van der Waals surface area contributed by atoms with Crippen molar-refractivity contribution in [3.8, 4) is 11.5 Å². The molecule has 1 N–H and O–H groups in total. The minimum atomic E-state index is -0.229. The Hall–Kier alpha value is -3.02. The lowest BCUT2D eigenvalue weighted by Crippen LogP contribution is -2.29. The molecule has 0 fully saturated rings. The van der Waals surface area contributed by atoms with Crippen molar-refractivity contribution < 1.29 is 19.1 Å². The summed E-state index contributed by atoms with van der Waals surface area (Å²) < 4.78 is 10.8. The van der Waals surface area contributed by atoms with Crippen LogP contribution in [0, 0.1) is 13.8 Å². The number of benzene rings is 2. The van der Waals surface area contributed by atoms with Crippen LogP contribution in [0.3, 0.4) is 0 Å². The third kappa shape index (κ3) is 6.01. The second kappa shape index (κ2) is 10.3. The van der Waals surface area contributed by atoms with Gasteiger partial charge >= 0.3 is 0 Å². The van der Waals surface area contributed by atoms with Gasteiger partial charge in [-0.2, -0.15) is 0 Å². The average Bonchev–Trinajstić information content (AvgIpc) is 2.68. The van der Waals surface area contributed by atoms with Crippen molar-refractivity contribution >= 4 is 12.1 Å². The molecule has 2 aromatic rings. The normalized spacial score (nSPS) is 11.9. The van der Waals surface area contributed by atoms with E-state index < -0.39 is 0 Å². The van der Waals surface area contributed by atoms with Crippen LogP contribution >= 0.6 is 0 Å². The Morgan fingerprint density at radius 1 is 1.14 bits per heavy atom. The summed E-state index contributed by atoms with van der Waals surface area (Å²) in [5.41, 5.74) is 4.27. The molecule has 0 aliphatic rings. The summed E-state index contributed by atoms with van der Waals surface area (Å²) >= 11 is 0. The number of aryl methyl sites for hydroxylation is 2. The third-order valence-corrected chi connectivity index (χ3v) is 4.37. The van der Waals surface area contributed by atoms with Crippen LogP contribution in [-0.2, 0) is 9.63 Å². The Bertz CT molecular complexity index is 833. The Balaban J connectivity index is 1.85. The van der Waals surface area contributed by atoms with Gasteiger partial charge in [0.2, 0.25) is 0 Å². The van der Waals surface area contributed by atoms with Crippen molar-refractivity contribution in [1.29, 1.82) is 0 Å². The molecule has 0 aliphatic carbocycles. The first-order valence-electron chi connectivity index (χ1n) is 9.27. The van der Waals surface area contributed by atoms with Crippen LogP contribution < -0.4 is 14.8 Å². The number of hydrogen-bond donors (Lipinski definition) is 1. The highest BCUT2D eigenvalue weighted by Gasteiger charge is 2.10. The van der Waals surface area contributed by atoms with E-state index in [0.29, 0.717) is 18.1 Å². The zero-order valence-corrected chi connectivity index (χ0v) is 17.1. The van der Waals surface area contributed by atoms with Crippen LogP contribution in [0.25, 0.3) is 0 Å². The molecule has 1 atom stereocenters. The Morgan fingerprint density at radius 2 is 1.93 bits per heavy atom. The first-order valence-corrected chi connectivity index (χ1v) is 9.27. The maximum atomic E-state index is 12.1. The lowest BCUT2D eigenvalue weighted by Gasteiger charge is -2.15. The number of oxime groups is 1. The molecule has 1 unspecified atom stereocenters. The fourth-order valence-electron chi connectivity index (χ4n) is 2.63. The van der Waals surface area contributed by atoms with E-state index in [1.165, 1.54) is 17.3 Å². The molecule has 0 radical (unpaired) electrons. The van der Waals surface area contributed by atoms with Crippen LogP contribution in [0.5, 0.6) is 11.5 Å². The maximum Gasteiger partial charge on any atom is 0.261 e. The second-order valence-electron chi connectivity index (χ2n) is 6.48. The number of hydrogen-bond acceptors (Lipinski definition) is 5. The number of rotatable bonds is 9. The number of amides is 1. The average molecular weight is 384 g/mol. The first-order chi connectivity index (χ1) is 13.4. The van der Waals surface area contributed by atoms with E-state index >= 15 is 0 Å². The van der Waals surface area contributed by atoms with Gasteiger partial charge in [-0.05, 0) is 62.6 Å². The lowest BCUT2D eigenvalue weighted by molar-refractivity contribution is -0.126. The maximum absolute atomic E-state index is 12.1. The van der Waals surface area contributed by atoms with E-state index in [0.717, 1.165) is 11.1 Å². The number of carbonyl (C=O) groups is 1. The lowest BCUT2D eigenvalue weighted by atomic mass is 10.0. The highest BCUT2D eigenvalue weighted by Crippen LogP contribution is 2.27. The van der Waals surface area contributed by atoms with E-state index in [-0.39, 0.29) is 18.6 Å². The van der Waals surface area contributed by atoms with Crippen molar-refractivity contribution in [3.05, 3.63) is 58.7 Å². The summed E-state index contributed by atoms with van der Waals surface area (Å²) in [5.74, 6) is 1.06. The van der Waals surface area contributed by atoms with Gasteiger partial charge in [0.1, 0.15) is 0 Å². The van der Waals surface area contributed by atoms with Gasteiger partial charge in [-0.1, -0.05) is 23.4 Å². The van der Waals surface area contributed by atoms with Crippen molar-refractivity contribution in [1.82, 2.24) is 5.32 Å². The number of nitrogens with zero attached hydrogens (tertiary/aromatic N) is 1. The van der Waals surface area contributed by atoms with E-state index in [1.54, 1.807) is 13.2 Å². The summed E-state index contributed by atoms with van der Waals surface area (Å²) in [6, 6.07) is 11.5. The predicted octanol–water partition coefficient (Wildman–Crippen LogP) is 3.94. The molecule has 0 aliphatic heterocycles. The van der Waals surface area contributed by atoms with Crippen molar-refractivity contribution in [2.75, 3.05) is 20.3 Å². The van der Waals surface area contributed by atoms with E-state index in [2.05, 4.69) is 36.5 Å². The molecular formula is C22H28N2O4. The van der Waals surface area contributed by atoms with Crippen LogP contribution in [0.2, 0.25) is 0 Å². The van der Waals surface area contributed by atoms with Crippen LogP contribution in [0.15, 0.2) is 41.6 Å². The topological polar surface area (TPSA) is 69.2 Å². The Morgan fingerprint density at radius 3 is 2.61 bits per heavy atom. The van der Waals surface area contributed by atoms with Crippen LogP contribution in [-0.4, -0.2) is 32.4 Å². The zero-order valence-electron chi connectivity index (χ0n) is 17.1. The smallest absolute Gasteiger partial charge is 0.261 e. The summed E-state index contributed by atoms with van der Waals surface area (Å²) in [4.78, 5) is 17.2. The molecule has 6 nitrogen and oxygen atoms in total. The monoisotopic (exact) mass is 384 g/mol. The molecule has 28 heavy (non-hydrogen) atoms. The summed E-state index contributed by atoms with van der Waals surface area (Å²) in [6.45, 7) is 8.38. The molecule has 150 valence electrons. The predicted molar refractivity (Wildman–Crippen MR) is 110 cm³/mol. The summed E-state index contributed by atoms with van der Waals surface area (Å²) in [7, 11) is 1.58. The highest BCUT2D eigenvalue weighted by molar-refractivity contribution is 5.81. The fraction of sp³-hybridized carbons (Fsp3) is 0.364. The van der Waals surface area contributed by atoms with Gasteiger partial charge in [-0.15, -0.1) is 0 Å². The molecule has 2 aromatic carbocycles. The molecule has 2 rings (SSSR count). The number of carbonyl (C=O) groups excluding carboxylic acids is 1. The second-order valence-corrected chi connectivity index (χ2v) is 6.48. The minimum Gasteiger partial charge on any atom is -0.493 e. The molecule has 0 aromatic heterocycles. The summed E-state index contributed by atoms with van der Waals surface area (Å²) in [6.07, 6.45) is 1.53. The van der Waals surface area contributed by atoms with E-state index in [9.17, 15) is 4.79 Å². The Labute approximate surface area is 166 Å². The summed E-state index contributed by atoms with van der Waals surface area (Å²) in [5, 5.41) is 6.76. The molecule has 0 spiro atoms. The molecule has 0 saturated carbocycles. The van der Waals surface area contributed by atoms with Gasteiger partial charge in [0.15, 0.2) is 18.1 Å². The van der Waals surface area contributed by atoms with Gasteiger partial charge in [0, 0.05) is 5.56 Å². The van der Waals surface area contributed by atoms with Crippen LogP contribution in [0.1, 0.15) is 42.1 Å². The van der Waals surface area contributed by atoms with E-state index in [4.69, 9.17) is 14.3 Å². The van der Waals surface area contributed by atoms with Crippen molar-refractivity contribution in [3.63, 3.8) is 0 Å². The molecule has 6 heteroatoms. The molecule has 0 saturated heterocycles. The first kappa shape index (κ1) is 21.3. The zero-order chi connectivity index (χ0) is 20.5. The SMILES string of the molecule is CCOc1ccc(/C=N/OCC(=O)NC(C)c2ccc(C)c(C)c2)cc1OC. The molecule has 1 amide bonds. The van der Waals surface area contributed by atoms with Gasteiger partial charge in [0.05, 0.1) is 26.0 Å². The minimum absolute atomic E-state index is 0.102. The van der Waals surface area contributed by atoms with Gasteiger partial charge in [0.25, 0.3) is 5.91 Å². The van der Waals surface area contributed by atoms with Crippen LogP contribution in [0.4, 0.5) is 0 Å². The van der Waals surface area contributed by atoms with Gasteiger partial charge in [-0.3, -0.25) is 4.79 Å². The number of ether oxygens (including phenoxy) is 2. The highest BCUT2D eigenvalue weighted by atomic mass is 16.6. The standard InChI is InChI=1S/C22H28N2O4/c1-6-27-20-10-8-18(12-21(20)26-5)13-23-28-14-22(25)24-17(4)19-9-7-15(2)16(3)11-19/h7-13,17H,6,14H2,1-5H3,(H,24,25)/b23-13+. The third-order valence-electron chi connectivity index (χ3n) is 4.37. The van der Waals surface area contributed by atoms with Gasteiger partial charge in [-0.25, -0.2) is 0 Å². The number of methoxy groups -OCH3 is 1. The largest absolute Gasteiger partial charge is 0.493 e. The molecular weight excluding hydrogens is 356 g/mol. The van der Waals surface area contributed by atoms with Crippen molar-refractivity contribution in [2.24, 2.45) is 5.16 Å². The number of nitrogens with one attached hydrogen (secondary N) is 1. The quantitative estimate of drug-likeness (QED) is 0.525. The molecule has 0 bridgehead atoms. The van der Waals surface area contributed by atoms with Gasteiger partial charge < -0.3 is 19.6 Å². The molecule has 0 heterocycles. The van der Waals surface area contributed by atoms with Crippen molar-refractivity contribution in [2.45, 2.75) is 33.7 Å². The fourth-order valence-corrected chi connectivity index (χ4v) is 2.63. The van der Waals surface area contributed by atoms with E-state index in [1.807, 2.05) is 32.0 Å².